The quantitative estimate of drug-likeness (QED) is 0.504. The van der Waals surface area contributed by atoms with Crippen LogP contribution in [0.15, 0.2) is 0 Å². The SMILES string of the molecule is CC1(C(=O)N[C@H](CCC(N)=O)C(=O)O)CCCNC1. The van der Waals surface area contributed by atoms with Gasteiger partial charge in [-0.15, -0.1) is 0 Å². The summed E-state index contributed by atoms with van der Waals surface area (Å²) in [5.74, 6) is -2.02. The first-order valence-corrected chi connectivity index (χ1v) is 6.38. The standard InChI is InChI=1S/C12H21N3O4/c1-12(5-2-6-14-7-12)11(19)15-8(10(17)18)3-4-9(13)16/h8,14H,2-7H2,1H3,(H2,13,16)(H,15,19)(H,17,18)/t8-,12?/m1/s1. The third kappa shape index (κ3) is 4.51. The van der Waals surface area contributed by atoms with Gasteiger partial charge in [-0.25, -0.2) is 4.79 Å². The summed E-state index contributed by atoms with van der Waals surface area (Å²) in [5, 5.41) is 14.7. The fourth-order valence-electron chi connectivity index (χ4n) is 2.13. The fourth-order valence-corrected chi connectivity index (χ4v) is 2.13. The molecule has 1 heterocycles. The summed E-state index contributed by atoms with van der Waals surface area (Å²) < 4.78 is 0. The lowest BCUT2D eigenvalue weighted by atomic mass is 9.81. The number of carboxylic acids is 1. The van der Waals surface area contributed by atoms with Crippen molar-refractivity contribution < 1.29 is 19.5 Å². The van der Waals surface area contributed by atoms with Gasteiger partial charge in [-0.3, -0.25) is 9.59 Å². The predicted octanol–water partition coefficient (Wildman–Crippen LogP) is -0.789. The van der Waals surface area contributed by atoms with Crippen LogP contribution in [0.1, 0.15) is 32.6 Å². The maximum Gasteiger partial charge on any atom is 0.326 e. The summed E-state index contributed by atoms with van der Waals surface area (Å²) in [6.07, 6.45) is 1.54. The van der Waals surface area contributed by atoms with Gasteiger partial charge < -0.3 is 21.5 Å². The number of nitrogens with one attached hydrogen (secondary N) is 2. The number of primary amides is 1. The third-order valence-electron chi connectivity index (χ3n) is 3.43. The van der Waals surface area contributed by atoms with Gasteiger partial charge in [-0.2, -0.15) is 0 Å². The van der Waals surface area contributed by atoms with E-state index in [-0.39, 0.29) is 18.7 Å². The lowest BCUT2D eigenvalue weighted by Crippen LogP contribution is -2.53. The topological polar surface area (TPSA) is 122 Å². The summed E-state index contributed by atoms with van der Waals surface area (Å²) in [5.41, 5.74) is 4.39. The lowest BCUT2D eigenvalue weighted by Gasteiger charge is -2.33. The highest BCUT2D eigenvalue weighted by Crippen LogP contribution is 2.25. The Balaban J connectivity index is 2.59. The van der Waals surface area contributed by atoms with Crippen molar-refractivity contribution in [3.05, 3.63) is 0 Å². The maximum atomic E-state index is 12.1. The van der Waals surface area contributed by atoms with Crippen LogP contribution in [0.2, 0.25) is 0 Å². The maximum absolute atomic E-state index is 12.1. The second kappa shape index (κ2) is 6.51. The molecule has 0 aromatic rings. The monoisotopic (exact) mass is 271 g/mol. The molecule has 7 nitrogen and oxygen atoms in total. The highest BCUT2D eigenvalue weighted by molar-refractivity contribution is 5.87. The zero-order valence-corrected chi connectivity index (χ0v) is 11.1. The Morgan fingerprint density at radius 3 is 2.63 bits per heavy atom. The molecule has 1 aliphatic rings. The Morgan fingerprint density at radius 2 is 2.16 bits per heavy atom. The molecule has 0 aromatic carbocycles. The number of hydrogen-bond donors (Lipinski definition) is 4. The van der Waals surface area contributed by atoms with Crippen molar-refractivity contribution >= 4 is 17.8 Å². The van der Waals surface area contributed by atoms with E-state index in [0.29, 0.717) is 13.0 Å². The van der Waals surface area contributed by atoms with Gasteiger partial charge in [-0.1, -0.05) is 0 Å². The molecule has 0 bridgehead atoms. The van der Waals surface area contributed by atoms with Crippen LogP contribution in [0.5, 0.6) is 0 Å². The molecule has 0 radical (unpaired) electrons. The van der Waals surface area contributed by atoms with Gasteiger partial charge in [0.2, 0.25) is 11.8 Å². The van der Waals surface area contributed by atoms with E-state index in [4.69, 9.17) is 10.8 Å². The van der Waals surface area contributed by atoms with Crippen molar-refractivity contribution in [2.45, 2.75) is 38.6 Å². The Labute approximate surface area is 111 Å². The van der Waals surface area contributed by atoms with E-state index < -0.39 is 23.3 Å². The number of nitrogens with two attached hydrogens (primary N) is 1. The first-order valence-electron chi connectivity index (χ1n) is 6.38. The van der Waals surface area contributed by atoms with Crippen molar-refractivity contribution in [3.8, 4) is 0 Å². The van der Waals surface area contributed by atoms with Gasteiger partial charge in [0.1, 0.15) is 6.04 Å². The zero-order valence-electron chi connectivity index (χ0n) is 11.1. The molecule has 1 unspecified atom stereocenters. The first kappa shape index (κ1) is 15.4. The van der Waals surface area contributed by atoms with Gasteiger partial charge in [0, 0.05) is 13.0 Å². The van der Waals surface area contributed by atoms with E-state index in [2.05, 4.69) is 10.6 Å². The van der Waals surface area contributed by atoms with E-state index in [0.717, 1.165) is 13.0 Å². The number of rotatable bonds is 6. The Kier molecular flexibility index (Phi) is 5.29. The smallest absolute Gasteiger partial charge is 0.326 e. The van der Waals surface area contributed by atoms with Gasteiger partial charge >= 0.3 is 5.97 Å². The van der Waals surface area contributed by atoms with Crippen LogP contribution in [0.3, 0.4) is 0 Å². The number of carbonyl (C=O) groups is 3. The minimum absolute atomic E-state index is 0.0138. The number of carbonyl (C=O) groups excluding carboxylic acids is 2. The van der Waals surface area contributed by atoms with Crippen LogP contribution >= 0.6 is 0 Å². The number of aliphatic carboxylic acids is 1. The molecule has 1 fully saturated rings. The van der Waals surface area contributed by atoms with E-state index in [9.17, 15) is 14.4 Å². The highest BCUT2D eigenvalue weighted by Gasteiger charge is 2.36. The molecule has 1 aliphatic heterocycles. The molecular weight excluding hydrogens is 250 g/mol. The molecule has 108 valence electrons. The second-order valence-corrected chi connectivity index (χ2v) is 5.21. The molecule has 1 rings (SSSR count). The summed E-state index contributed by atoms with van der Waals surface area (Å²) in [7, 11) is 0. The summed E-state index contributed by atoms with van der Waals surface area (Å²) in [6, 6.07) is -1.07. The van der Waals surface area contributed by atoms with Crippen LogP contribution in [0.25, 0.3) is 0 Å². The fraction of sp³-hybridized carbons (Fsp3) is 0.750. The number of carboxylic acid groups (broad SMARTS) is 1. The first-order chi connectivity index (χ1) is 8.85. The van der Waals surface area contributed by atoms with Crippen molar-refractivity contribution in [1.29, 1.82) is 0 Å². The van der Waals surface area contributed by atoms with Gasteiger partial charge in [0.05, 0.1) is 5.41 Å². The second-order valence-electron chi connectivity index (χ2n) is 5.21. The zero-order chi connectivity index (χ0) is 14.5. The summed E-state index contributed by atoms with van der Waals surface area (Å²) >= 11 is 0. The summed E-state index contributed by atoms with van der Waals surface area (Å²) in [6.45, 7) is 3.20. The Morgan fingerprint density at radius 1 is 1.47 bits per heavy atom. The van der Waals surface area contributed by atoms with Crippen LogP contribution in [-0.2, 0) is 14.4 Å². The van der Waals surface area contributed by atoms with Gasteiger partial charge in [0.25, 0.3) is 0 Å². The van der Waals surface area contributed by atoms with Gasteiger partial charge in [0.15, 0.2) is 0 Å². The van der Waals surface area contributed by atoms with Crippen molar-refractivity contribution in [1.82, 2.24) is 10.6 Å². The van der Waals surface area contributed by atoms with E-state index in [1.807, 2.05) is 6.92 Å². The molecular formula is C12H21N3O4. The van der Waals surface area contributed by atoms with Crippen molar-refractivity contribution in [2.75, 3.05) is 13.1 Å². The largest absolute Gasteiger partial charge is 0.480 e. The summed E-state index contributed by atoms with van der Waals surface area (Å²) in [4.78, 5) is 33.9. The lowest BCUT2D eigenvalue weighted by molar-refractivity contribution is -0.144. The number of piperidine rings is 1. The minimum atomic E-state index is -1.15. The minimum Gasteiger partial charge on any atom is -0.480 e. The molecule has 7 heteroatoms. The molecule has 2 atom stereocenters. The van der Waals surface area contributed by atoms with Crippen molar-refractivity contribution in [2.24, 2.45) is 11.1 Å². The van der Waals surface area contributed by atoms with Crippen LogP contribution in [0.4, 0.5) is 0 Å². The molecule has 5 N–H and O–H groups in total. The van der Waals surface area contributed by atoms with E-state index in [1.165, 1.54) is 0 Å². The molecule has 0 aromatic heterocycles. The molecule has 0 saturated carbocycles. The normalized spacial score (nSPS) is 24.5. The number of amides is 2. The third-order valence-corrected chi connectivity index (χ3v) is 3.43. The van der Waals surface area contributed by atoms with E-state index in [1.54, 1.807) is 0 Å². The molecule has 19 heavy (non-hydrogen) atoms. The van der Waals surface area contributed by atoms with Crippen LogP contribution in [-0.4, -0.2) is 42.0 Å². The Hall–Kier alpha value is -1.63. The Bertz CT molecular complexity index is 364. The number of hydrogen-bond acceptors (Lipinski definition) is 4. The molecule has 0 aliphatic carbocycles. The highest BCUT2D eigenvalue weighted by atomic mass is 16.4. The molecule has 1 saturated heterocycles. The van der Waals surface area contributed by atoms with Crippen LogP contribution in [0, 0.1) is 5.41 Å². The predicted molar refractivity (Wildman–Crippen MR) is 68.2 cm³/mol. The van der Waals surface area contributed by atoms with E-state index >= 15 is 0 Å². The average molecular weight is 271 g/mol. The average Bonchev–Trinajstić information content (AvgIpc) is 2.34. The van der Waals surface area contributed by atoms with Crippen LogP contribution < -0.4 is 16.4 Å². The van der Waals surface area contributed by atoms with Crippen molar-refractivity contribution in [3.63, 3.8) is 0 Å². The molecule has 0 spiro atoms. The van der Waals surface area contributed by atoms with Gasteiger partial charge in [-0.05, 0) is 32.7 Å². The molecule has 2 amide bonds.